The van der Waals surface area contributed by atoms with Crippen LogP contribution in [0.1, 0.15) is 20.8 Å². The fourth-order valence-corrected chi connectivity index (χ4v) is 0.561. The summed E-state index contributed by atoms with van der Waals surface area (Å²) in [5, 5.41) is 0. The minimum atomic E-state index is -0.874. The summed E-state index contributed by atoms with van der Waals surface area (Å²) in [6.45, 7) is 5.43. The molecule has 0 amide bonds. The molecule has 0 fully saturated rings. The maximum atomic E-state index is 12.6. The monoisotopic (exact) mass is 160 g/mol. The van der Waals surface area contributed by atoms with Crippen LogP contribution in [0.5, 0.6) is 0 Å². The molecule has 0 bridgehead atoms. The number of allylic oxidation sites excluding steroid dienone is 1. The van der Waals surface area contributed by atoms with Crippen molar-refractivity contribution in [3.63, 3.8) is 0 Å². The van der Waals surface area contributed by atoms with E-state index in [1.807, 2.05) is 0 Å². The third kappa shape index (κ3) is 4.53. The fourth-order valence-electron chi connectivity index (χ4n) is 0.561. The summed E-state index contributed by atoms with van der Waals surface area (Å²) in [4.78, 5) is 10.6. The van der Waals surface area contributed by atoms with Gasteiger partial charge in [-0.15, -0.1) is 0 Å². The fraction of sp³-hybridized carbons (Fsp3) is 0.625. The van der Waals surface area contributed by atoms with Gasteiger partial charge in [0.15, 0.2) is 0 Å². The smallest absolute Gasteiger partial charge is 0.366 e. The Kier molecular flexibility index (Phi) is 4.50. The average Bonchev–Trinajstić information content (AvgIpc) is 1.86. The molecule has 0 spiro atoms. The second-order valence-electron chi connectivity index (χ2n) is 2.48. The lowest BCUT2D eigenvalue weighted by Gasteiger charge is -1.99. The third-order valence-electron chi connectivity index (χ3n) is 0.950. The van der Waals surface area contributed by atoms with Gasteiger partial charge >= 0.3 is 5.97 Å². The van der Waals surface area contributed by atoms with Gasteiger partial charge in [0.05, 0.1) is 6.61 Å². The summed E-state index contributed by atoms with van der Waals surface area (Å²) >= 11 is 0. The van der Waals surface area contributed by atoms with Crippen molar-refractivity contribution >= 4 is 5.97 Å². The lowest BCUT2D eigenvalue weighted by atomic mass is 10.2. The van der Waals surface area contributed by atoms with Crippen LogP contribution in [-0.2, 0) is 9.53 Å². The highest BCUT2D eigenvalue weighted by Crippen LogP contribution is 2.05. The number of carbonyl (C=O) groups is 1. The van der Waals surface area contributed by atoms with Gasteiger partial charge in [-0.1, -0.05) is 13.8 Å². The lowest BCUT2D eigenvalue weighted by Crippen LogP contribution is -2.04. The van der Waals surface area contributed by atoms with Crippen LogP contribution in [-0.4, -0.2) is 12.6 Å². The van der Waals surface area contributed by atoms with Crippen LogP contribution in [0.2, 0.25) is 0 Å². The van der Waals surface area contributed by atoms with Crippen molar-refractivity contribution in [3.05, 3.63) is 11.9 Å². The van der Waals surface area contributed by atoms with Crippen molar-refractivity contribution in [2.45, 2.75) is 20.8 Å². The third-order valence-corrected chi connectivity index (χ3v) is 0.950. The molecule has 0 saturated heterocycles. The zero-order valence-electron chi connectivity index (χ0n) is 7.06. The molecule has 2 nitrogen and oxygen atoms in total. The number of esters is 1. The van der Waals surface area contributed by atoms with E-state index in [1.165, 1.54) is 6.08 Å². The average molecular weight is 160 g/mol. The highest BCUT2D eigenvalue weighted by Gasteiger charge is 2.08. The van der Waals surface area contributed by atoms with Gasteiger partial charge in [0.1, 0.15) is 0 Å². The molecule has 0 aliphatic carbocycles. The zero-order chi connectivity index (χ0) is 8.85. The standard InChI is InChI=1S/C8H13FO2/c1-4-11-8(10)7(9)5-6(2)3/h5-6H,4H2,1-3H3/b7-5+. The summed E-state index contributed by atoms with van der Waals surface area (Å²) in [5.74, 6) is -1.65. The van der Waals surface area contributed by atoms with E-state index in [0.717, 1.165) is 0 Å². The molecule has 0 aliphatic heterocycles. The first kappa shape index (κ1) is 10.1. The molecule has 0 rings (SSSR count). The molecule has 3 heteroatoms. The summed E-state index contributed by atoms with van der Waals surface area (Å²) < 4.78 is 17.0. The summed E-state index contributed by atoms with van der Waals surface area (Å²) in [6, 6.07) is 0. The maximum Gasteiger partial charge on any atom is 0.366 e. The highest BCUT2D eigenvalue weighted by molar-refractivity contribution is 5.85. The Morgan fingerprint density at radius 2 is 2.18 bits per heavy atom. The Morgan fingerprint density at radius 3 is 2.55 bits per heavy atom. The molecule has 11 heavy (non-hydrogen) atoms. The van der Waals surface area contributed by atoms with Gasteiger partial charge in [0, 0.05) is 0 Å². The van der Waals surface area contributed by atoms with Gasteiger partial charge in [-0.2, -0.15) is 4.39 Å². The van der Waals surface area contributed by atoms with E-state index in [2.05, 4.69) is 4.74 Å². The molecule has 0 aromatic rings. The first-order chi connectivity index (χ1) is 5.07. The van der Waals surface area contributed by atoms with Crippen molar-refractivity contribution in [1.82, 2.24) is 0 Å². The first-order valence-corrected chi connectivity index (χ1v) is 3.62. The van der Waals surface area contributed by atoms with E-state index in [0.29, 0.717) is 0 Å². The molecule has 0 heterocycles. The van der Waals surface area contributed by atoms with Crippen LogP contribution >= 0.6 is 0 Å². The SMILES string of the molecule is CCOC(=O)/C(F)=C\C(C)C. The maximum absolute atomic E-state index is 12.6. The molecule has 0 aliphatic rings. The number of rotatable bonds is 3. The zero-order valence-corrected chi connectivity index (χ0v) is 7.06. The van der Waals surface area contributed by atoms with Crippen LogP contribution in [0, 0.1) is 5.92 Å². The van der Waals surface area contributed by atoms with Crippen LogP contribution < -0.4 is 0 Å². The Labute approximate surface area is 66.0 Å². The molecule has 0 aromatic carbocycles. The van der Waals surface area contributed by atoms with E-state index in [1.54, 1.807) is 20.8 Å². The van der Waals surface area contributed by atoms with Gasteiger partial charge in [-0.25, -0.2) is 4.79 Å². The largest absolute Gasteiger partial charge is 0.461 e. The number of halogens is 1. The number of ether oxygens (including phenoxy) is 1. The van der Waals surface area contributed by atoms with Crippen LogP contribution in [0.15, 0.2) is 11.9 Å². The molecular formula is C8H13FO2. The quantitative estimate of drug-likeness (QED) is 0.466. The Morgan fingerprint density at radius 1 is 1.64 bits per heavy atom. The predicted molar refractivity (Wildman–Crippen MR) is 40.7 cm³/mol. The van der Waals surface area contributed by atoms with Crippen LogP contribution in [0.4, 0.5) is 4.39 Å². The Bertz CT molecular complexity index is 161. The predicted octanol–water partition coefficient (Wildman–Crippen LogP) is 2.06. The molecule has 0 atom stereocenters. The van der Waals surface area contributed by atoms with Gasteiger partial charge in [0.2, 0.25) is 5.83 Å². The molecule has 0 N–H and O–H groups in total. The summed E-state index contributed by atoms with van der Waals surface area (Å²) in [7, 11) is 0. The van der Waals surface area contributed by atoms with Gasteiger partial charge in [0.25, 0.3) is 0 Å². The van der Waals surface area contributed by atoms with Crippen molar-refractivity contribution in [1.29, 1.82) is 0 Å². The van der Waals surface area contributed by atoms with Crippen molar-refractivity contribution < 1.29 is 13.9 Å². The molecule has 0 radical (unpaired) electrons. The van der Waals surface area contributed by atoms with E-state index in [9.17, 15) is 9.18 Å². The molecular weight excluding hydrogens is 147 g/mol. The minimum absolute atomic E-state index is 0.0272. The van der Waals surface area contributed by atoms with Crippen molar-refractivity contribution in [2.24, 2.45) is 5.92 Å². The lowest BCUT2D eigenvalue weighted by molar-refractivity contribution is -0.140. The Hall–Kier alpha value is -0.860. The highest BCUT2D eigenvalue weighted by atomic mass is 19.1. The molecule has 0 unspecified atom stereocenters. The Balaban J connectivity index is 4.01. The van der Waals surface area contributed by atoms with E-state index in [4.69, 9.17) is 0 Å². The van der Waals surface area contributed by atoms with Crippen LogP contribution in [0.25, 0.3) is 0 Å². The van der Waals surface area contributed by atoms with E-state index in [-0.39, 0.29) is 12.5 Å². The number of hydrogen-bond acceptors (Lipinski definition) is 2. The van der Waals surface area contributed by atoms with Gasteiger partial charge < -0.3 is 4.74 Å². The minimum Gasteiger partial charge on any atom is -0.461 e. The van der Waals surface area contributed by atoms with Crippen molar-refractivity contribution in [3.8, 4) is 0 Å². The first-order valence-electron chi connectivity index (χ1n) is 3.62. The molecule has 0 aromatic heterocycles. The second kappa shape index (κ2) is 4.88. The van der Waals surface area contributed by atoms with E-state index < -0.39 is 11.8 Å². The molecule has 64 valence electrons. The van der Waals surface area contributed by atoms with Crippen LogP contribution in [0.3, 0.4) is 0 Å². The van der Waals surface area contributed by atoms with Gasteiger partial charge in [-0.3, -0.25) is 0 Å². The molecule has 0 saturated carbocycles. The number of hydrogen-bond donors (Lipinski definition) is 0. The second-order valence-corrected chi connectivity index (χ2v) is 2.48. The summed E-state index contributed by atoms with van der Waals surface area (Å²) in [5.41, 5.74) is 0. The van der Waals surface area contributed by atoms with E-state index >= 15 is 0 Å². The van der Waals surface area contributed by atoms with Crippen molar-refractivity contribution in [2.75, 3.05) is 6.61 Å². The summed E-state index contributed by atoms with van der Waals surface area (Å²) in [6.07, 6.45) is 1.23. The number of carbonyl (C=O) groups excluding carboxylic acids is 1. The normalized spacial score (nSPS) is 11.9. The topological polar surface area (TPSA) is 26.3 Å². The van der Waals surface area contributed by atoms with Gasteiger partial charge in [-0.05, 0) is 18.9 Å².